The van der Waals surface area contributed by atoms with E-state index in [9.17, 15) is 18.4 Å². The molecular weight excluding hydrogens is 342 g/mol. The molecule has 1 amide bonds. The molecule has 0 saturated carbocycles. The molecule has 1 heterocycles. The van der Waals surface area contributed by atoms with E-state index in [1.165, 1.54) is 18.0 Å². The Bertz CT molecular complexity index is 1040. The van der Waals surface area contributed by atoms with E-state index in [0.717, 1.165) is 16.8 Å². The number of carbonyl (C=O) groups excluding carboxylic acids is 1. The van der Waals surface area contributed by atoms with E-state index in [2.05, 4.69) is 10.3 Å². The van der Waals surface area contributed by atoms with Crippen LogP contribution in [-0.2, 0) is 11.3 Å². The van der Waals surface area contributed by atoms with Gasteiger partial charge in [0.05, 0.1) is 11.4 Å². The molecule has 8 heteroatoms. The Morgan fingerprint density at radius 3 is 2.65 bits per heavy atom. The highest BCUT2D eigenvalue weighted by Crippen LogP contribution is 2.21. The van der Waals surface area contributed by atoms with Gasteiger partial charge in [0.2, 0.25) is 5.91 Å². The standard InChI is InChI=1S/C18H16F2N4O2/c1-11(12-7-8-14(19)15(20)9-12)23(2)17(25)10-24-18(26)13-5-3-4-6-16(13)21-22-24/h3-9,11H,10H2,1-2H3. The summed E-state index contributed by atoms with van der Waals surface area (Å²) in [5, 5.41) is 8.08. The second kappa shape index (κ2) is 6.99. The zero-order valence-corrected chi connectivity index (χ0v) is 14.2. The Morgan fingerprint density at radius 2 is 1.92 bits per heavy atom. The van der Waals surface area contributed by atoms with Crippen molar-refractivity contribution in [2.45, 2.75) is 19.5 Å². The van der Waals surface area contributed by atoms with Crippen LogP contribution in [0.1, 0.15) is 18.5 Å². The fourth-order valence-corrected chi connectivity index (χ4v) is 2.58. The Labute approximate surface area is 147 Å². The van der Waals surface area contributed by atoms with E-state index in [-0.39, 0.29) is 6.54 Å². The fraction of sp³-hybridized carbons (Fsp3) is 0.222. The first-order chi connectivity index (χ1) is 12.4. The van der Waals surface area contributed by atoms with Crippen molar-refractivity contribution in [3.05, 3.63) is 70.0 Å². The number of hydrogen-bond donors (Lipinski definition) is 0. The Hall–Kier alpha value is -3.16. The molecule has 1 aromatic heterocycles. The topological polar surface area (TPSA) is 68.1 Å². The lowest BCUT2D eigenvalue weighted by Gasteiger charge is -2.25. The van der Waals surface area contributed by atoms with Gasteiger partial charge in [0.25, 0.3) is 5.56 Å². The highest BCUT2D eigenvalue weighted by atomic mass is 19.2. The third kappa shape index (κ3) is 3.30. The van der Waals surface area contributed by atoms with Crippen LogP contribution >= 0.6 is 0 Å². The Morgan fingerprint density at radius 1 is 1.19 bits per heavy atom. The predicted molar refractivity (Wildman–Crippen MR) is 91.3 cm³/mol. The van der Waals surface area contributed by atoms with Gasteiger partial charge in [0, 0.05) is 7.05 Å². The Kier molecular flexibility index (Phi) is 4.75. The van der Waals surface area contributed by atoms with Crippen LogP contribution in [0.25, 0.3) is 10.9 Å². The van der Waals surface area contributed by atoms with Crippen LogP contribution in [0.3, 0.4) is 0 Å². The van der Waals surface area contributed by atoms with E-state index >= 15 is 0 Å². The highest BCUT2D eigenvalue weighted by Gasteiger charge is 2.20. The molecule has 0 aliphatic heterocycles. The number of nitrogens with zero attached hydrogens (tertiary/aromatic N) is 4. The van der Waals surface area contributed by atoms with Crippen molar-refractivity contribution >= 4 is 16.8 Å². The van der Waals surface area contributed by atoms with Gasteiger partial charge in [-0.25, -0.2) is 13.5 Å². The summed E-state index contributed by atoms with van der Waals surface area (Å²) in [5.74, 6) is -2.34. The maximum atomic E-state index is 13.4. The fourth-order valence-electron chi connectivity index (χ4n) is 2.58. The lowest BCUT2D eigenvalue weighted by molar-refractivity contribution is -0.132. The minimum atomic E-state index is -0.980. The summed E-state index contributed by atoms with van der Waals surface area (Å²) >= 11 is 0. The monoisotopic (exact) mass is 358 g/mol. The van der Waals surface area contributed by atoms with Gasteiger partial charge in [0.1, 0.15) is 12.1 Å². The molecule has 134 valence electrons. The number of fused-ring (bicyclic) bond motifs is 1. The lowest BCUT2D eigenvalue weighted by Crippen LogP contribution is -2.36. The molecule has 0 bridgehead atoms. The van der Waals surface area contributed by atoms with E-state index in [0.29, 0.717) is 16.5 Å². The molecule has 0 radical (unpaired) electrons. The van der Waals surface area contributed by atoms with E-state index in [1.54, 1.807) is 31.2 Å². The number of benzene rings is 2. The maximum absolute atomic E-state index is 13.4. The summed E-state index contributed by atoms with van der Waals surface area (Å²) < 4.78 is 27.5. The summed E-state index contributed by atoms with van der Waals surface area (Å²) in [6, 6.07) is 9.67. The summed E-state index contributed by atoms with van der Waals surface area (Å²) in [7, 11) is 1.52. The molecule has 3 rings (SSSR count). The summed E-state index contributed by atoms with van der Waals surface area (Å²) in [6.45, 7) is 1.38. The van der Waals surface area contributed by atoms with Crippen molar-refractivity contribution in [2.75, 3.05) is 7.05 Å². The second-order valence-corrected chi connectivity index (χ2v) is 5.92. The zero-order valence-electron chi connectivity index (χ0n) is 14.2. The number of halogens is 2. The number of rotatable bonds is 4. The van der Waals surface area contributed by atoms with E-state index in [1.807, 2.05) is 0 Å². The van der Waals surface area contributed by atoms with Gasteiger partial charge in [-0.2, -0.15) is 0 Å². The van der Waals surface area contributed by atoms with Crippen molar-refractivity contribution in [2.24, 2.45) is 0 Å². The van der Waals surface area contributed by atoms with Gasteiger partial charge >= 0.3 is 0 Å². The molecule has 0 aliphatic rings. The van der Waals surface area contributed by atoms with Gasteiger partial charge in [-0.1, -0.05) is 23.4 Å². The number of amides is 1. The Balaban J connectivity index is 1.82. The predicted octanol–water partition coefficient (Wildman–Crippen LogP) is 2.29. The quantitative estimate of drug-likeness (QED) is 0.718. The van der Waals surface area contributed by atoms with Crippen LogP contribution in [0, 0.1) is 11.6 Å². The van der Waals surface area contributed by atoms with Crippen molar-refractivity contribution in [1.29, 1.82) is 0 Å². The summed E-state index contributed by atoms with van der Waals surface area (Å²) in [4.78, 5) is 26.2. The van der Waals surface area contributed by atoms with Crippen LogP contribution in [0.2, 0.25) is 0 Å². The molecule has 0 saturated heterocycles. The number of likely N-dealkylation sites (N-methyl/N-ethyl adjacent to an activating group) is 1. The third-order valence-electron chi connectivity index (χ3n) is 4.31. The van der Waals surface area contributed by atoms with Gasteiger partial charge in [0.15, 0.2) is 11.6 Å². The lowest BCUT2D eigenvalue weighted by atomic mass is 10.1. The number of carbonyl (C=O) groups is 1. The first-order valence-corrected chi connectivity index (χ1v) is 7.91. The molecule has 1 atom stereocenters. The molecule has 0 aliphatic carbocycles. The van der Waals surface area contributed by atoms with Crippen LogP contribution in [0.4, 0.5) is 8.78 Å². The van der Waals surface area contributed by atoms with Crippen LogP contribution in [-0.4, -0.2) is 32.8 Å². The molecule has 26 heavy (non-hydrogen) atoms. The van der Waals surface area contributed by atoms with Crippen LogP contribution < -0.4 is 5.56 Å². The van der Waals surface area contributed by atoms with Gasteiger partial charge in [-0.05, 0) is 36.8 Å². The van der Waals surface area contributed by atoms with E-state index < -0.39 is 29.1 Å². The van der Waals surface area contributed by atoms with Gasteiger partial charge in [-0.15, -0.1) is 5.10 Å². The van der Waals surface area contributed by atoms with Crippen LogP contribution in [0.5, 0.6) is 0 Å². The van der Waals surface area contributed by atoms with Crippen molar-refractivity contribution < 1.29 is 13.6 Å². The first kappa shape index (κ1) is 17.7. The van der Waals surface area contributed by atoms with Crippen molar-refractivity contribution in [1.82, 2.24) is 19.9 Å². The molecule has 0 fully saturated rings. The molecule has 6 nitrogen and oxygen atoms in total. The van der Waals surface area contributed by atoms with Crippen LogP contribution in [0.15, 0.2) is 47.3 Å². The highest BCUT2D eigenvalue weighted by molar-refractivity contribution is 5.78. The molecule has 0 spiro atoms. The van der Waals surface area contributed by atoms with Gasteiger partial charge in [-0.3, -0.25) is 9.59 Å². The molecule has 2 aromatic carbocycles. The zero-order chi connectivity index (χ0) is 18.8. The molecule has 3 aromatic rings. The minimum Gasteiger partial charge on any atom is -0.337 e. The van der Waals surface area contributed by atoms with Crippen molar-refractivity contribution in [3.63, 3.8) is 0 Å². The molecule has 1 unspecified atom stereocenters. The average Bonchev–Trinajstić information content (AvgIpc) is 2.65. The van der Waals surface area contributed by atoms with Crippen molar-refractivity contribution in [3.8, 4) is 0 Å². The normalized spacial score (nSPS) is 12.2. The average molecular weight is 358 g/mol. The van der Waals surface area contributed by atoms with E-state index in [4.69, 9.17) is 0 Å². The summed E-state index contributed by atoms with van der Waals surface area (Å²) in [5.41, 5.74) is 0.472. The van der Waals surface area contributed by atoms with Gasteiger partial charge < -0.3 is 4.90 Å². The molecule has 0 N–H and O–H groups in total. The minimum absolute atomic E-state index is 0.304. The third-order valence-corrected chi connectivity index (χ3v) is 4.31. The number of hydrogen-bond acceptors (Lipinski definition) is 4. The number of aromatic nitrogens is 3. The SMILES string of the molecule is CC(c1ccc(F)c(F)c1)N(C)C(=O)Cn1nnc2ccccc2c1=O. The maximum Gasteiger partial charge on any atom is 0.278 e. The smallest absolute Gasteiger partial charge is 0.278 e. The molecular formula is C18H16F2N4O2. The first-order valence-electron chi connectivity index (χ1n) is 7.91. The largest absolute Gasteiger partial charge is 0.337 e. The second-order valence-electron chi connectivity index (χ2n) is 5.92. The summed E-state index contributed by atoms with van der Waals surface area (Å²) in [6.07, 6.45) is 0.